The predicted molar refractivity (Wildman–Crippen MR) is 97.6 cm³/mol. The molecule has 134 valence electrons. The second-order valence-corrected chi connectivity index (χ2v) is 6.06. The SMILES string of the molecule is Cc1c(OCc2ccccc2)c(=O)ccn1C[C@H](O)c1ccccc1F. The van der Waals surface area contributed by atoms with Gasteiger partial charge >= 0.3 is 0 Å². The van der Waals surface area contributed by atoms with Crippen molar-refractivity contribution < 1.29 is 14.2 Å². The summed E-state index contributed by atoms with van der Waals surface area (Å²) in [5.74, 6) is -0.226. The number of aliphatic hydroxyl groups is 1. The zero-order valence-electron chi connectivity index (χ0n) is 14.4. The van der Waals surface area contributed by atoms with Gasteiger partial charge in [0.15, 0.2) is 5.75 Å². The van der Waals surface area contributed by atoms with Crippen molar-refractivity contribution in [2.24, 2.45) is 0 Å². The van der Waals surface area contributed by atoms with Gasteiger partial charge in [-0.15, -0.1) is 0 Å². The molecule has 4 nitrogen and oxygen atoms in total. The van der Waals surface area contributed by atoms with Crippen LogP contribution in [0.1, 0.15) is 22.9 Å². The van der Waals surface area contributed by atoms with Crippen LogP contribution in [0.4, 0.5) is 4.39 Å². The van der Waals surface area contributed by atoms with Crippen LogP contribution in [0, 0.1) is 12.7 Å². The minimum atomic E-state index is -1.03. The minimum absolute atomic E-state index is 0.120. The highest BCUT2D eigenvalue weighted by Gasteiger charge is 2.15. The molecular weight excluding hydrogens is 333 g/mol. The van der Waals surface area contributed by atoms with E-state index in [0.29, 0.717) is 5.69 Å². The number of ether oxygens (including phenoxy) is 1. The lowest BCUT2D eigenvalue weighted by atomic mass is 10.1. The minimum Gasteiger partial charge on any atom is -0.483 e. The average Bonchev–Trinajstić information content (AvgIpc) is 2.65. The van der Waals surface area contributed by atoms with Crippen molar-refractivity contribution in [3.05, 3.63) is 99.7 Å². The summed E-state index contributed by atoms with van der Waals surface area (Å²) in [6, 6.07) is 17.0. The normalized spacial score (nSPS) is 12.0. The molecule has 0 bridgehead atoms. The number of aliphatic hydroxyl groups excluding tert-OH is 1. The Bertz CT molecular complexity index is 937. The van der Waals surface area contributed by atoms with E-state index in [2.05, 4.69) is 0 Å². The van der Waals surface area contributed by atoms with Crippen LogP contribution in [0.15, 0.2) is 71.7 Å². The summed E-state index contributed by atoms with van der Waals surface area (Å²) in [6.07, 6.45) is 0.552. The molecule has 1 aromatic heterocycles. The quantitative estimate of drug-likeness (QED) is 0.737. The molecule has 0 aliphatic carbocycles. The standard InChI is InChI=1S/C21H20FNO3/c1-15-21(26-14-16-7-3-2-4-8-16)19(24)11-12-23(15)13-20(25)17-9-5-6-10-18(17)22/h2-12,20,25H,13-14H2,1H3/t20-/m0/s1. The highest BCUT2D eigenvalue weighted by Crippen LogP contribution is 2.21. The molecule has 2 aromatic carbocycles. The van der Waals surface area contributed by atoms with E-state index in [9.17, 15) is 14.3 Å². The van der Waals surface area contributed by atoms with Gasteiger partial charge in [0.1, 0.15) is 12.4 Å². The van der Waals surface area contributed by atoms with Gasteiger partial charge in [-0.3, -0.25) is 4.79 Å². The molecule has 1 N–H and O–H groups in total. The largest absolute Gasteiger partial charge is 0.483 e. The summed E-state index contributed by atoms with van der Waals surface area (Å²) < 4.78 is 21.3. The molecule has 0 aliphatic heterocycles. The maximum absolute atomic E-state index is 13.9. The van der Waals surface area contributed by atoms with Crippen LogP contribution < -0.4 is 10.2 Å². The first-order valence-corrected chi connectivity index (χ1v) is 8.35. The van der Waals surface area contributed by atoms with E-state index in [0.717, 1.165) is 5.56 Å². The van der Waals surface area contributed by atoms with Crippen molar-refractivity contribution in [3.8, 4) is 5.75 Å². The number of benzene rings is 2. The van der Waals surface area contributed by atoms with Crippen LogP contribution in [-0.2, 0) is 13.2 Å². The zero-order chi connectivity index (χ0) is 18.5. The molecule has 3 aromatic rings. The number of hydrogen-bond acceptors (Lipinski definition) is 3. The molecule has 26 heavy (non-hydrogen) atoms. The summed E-state index contributed by atoms with van der Waals surface area (Å²) in [7, 11) is 0. The topological polar surface area (TPSA) is 51.5 Å². The van der Waals surface area contributed by atoms with E-state index in [1.54, 1.807) is 35.9 Å². The van der Waals surface area contributed by atoms with Gasteiger partial charge in [0.25, 0.3) is 0 Å². The summed E-state index contributed by atoms with van der Waals surface area (Å²) >= 11 is 0. The van der Waals surface area contributed by atoms with Crippen LogP contribution in [-0.4, -0.2) is 9.67 Å². The fourth-order valence-corrected chi connectivity index (χ4v) is 2.79. The fourth-order valence-electron chi connectivity index (χ4n) is 2.79. The summed E-state index contributed by atoms with van der Waals surface area (Å²) in [5, 5.41) is 10.4. The Labute approximate surface area is 151 Å². The van der Waals surface area contributed by atoms with Crippen LogP contribution in [0.5, 0.6) is 5.75 Å². The summed E-state index contributed by atoms with van der Waals surface area (Å²) in [6.45, 7) is 2.14. The lowest BCUT2D eigenvalue weighted by Gasteiger charge is -2.18. The van der Waals surface area contributed by atoms with Crippen molar-refractivity contribution in [2.75, 3.05) is 0 Å². The van der Waals surface area contributed by atoms with Crippen LogP contribution in [0.3, 0.4) is 0 Å². The summed E-state index contributed by atoms with van der Waals surface area (Å²) in [4.78, 5) is 12.2. The van der Waals surface area contributed by atoms with Gasteiger partial charge in [0.05, 0.1) is 18.3 Å². The number of halogens is 1. The van der Waals surface area contributed by atoms with Gasteiger partial charge in [0.2, 0.25) is 5.43 Å². The third kappa shape index (κ3) is 4.00. The first-order chi connectivity index (χ1) is 12.6. The number of rotatable bonds is 6. The Hall–Kier alpha value is -2.92. The molecule has 3 rings (SSSR count). The maximum Gasteiger partial charge on any atom is 0.223 e. The molecule has 0 radical (unpaired) electrons. The second kappa shape index (κ2) is 7.97. The van der Waals surface area contributed by atoms with E-state index in [1.165, 1.54) is 12.1 Å². The molecule has 0 amide bonds. The zero-order valence-corrected chi connectivity index (χ0v) is 14.4. The van der Waals surface area contributed by atoms with Gasteiger partial charge in [-0.1, -0.05) is 48.5 Å². The molecule has 0 spiro atoms. The average molecular weight is 353 g/mol. The number of pyridine rings is 1. The van der Waals surface area contributed by atoms with Crippen molar-refractivity contribution in [1.29, 1.82) is 0 Å². The van der Waals surface area contributed by atoms with Crippen molar-refractivity contribution in [2.45, 2.75) is 26.2 Å². The predicted octanol–water partition coefficient (Wildman–Crippen LogP) is 3.61. The van der Waals surface area contributed by atoms with Crippen LogP contribution in [0.2, 0.25) is 0 Å². The highest BCUT2D eigenvalue weighted by molar-refractivity contribution is 5.28. The molecule has 1 heterocycles. The van der Waals surface area contributed by atoms with Gasteiger partial charge in [-0.2, -0.15) is 0 Å². The van der Waals surface area contributed by atoms with Gasteiger partial charge in [-0.25, -0.2) is 4.39 Å². The molecule has 0 aliphatic rings. The molecule has 0 unspecified atom stereocenters. The smallest absolute Gasteiger partial charge is 0.223 e. The van der Waals surface area contributed by atoms with Crippen LogP contribution >= 0.6 is 0 Å². The Morgan fingerprint density at radius 3 is 2.50 bits per heavy atom. The molecule has 5 heteroatoms. The lowest BCUT2D eigenvalue weighted by molar-refractivity contribution is 0.150. The third-order valence-corrected chi connectivity index (χ3v) is 4.25. The Morgan fingerprint density at radius 2 is 1.77 bits per heavy atom. The number of nitrogens with zero attached hydrogens (tertiary/aromatic N) is 1. The molecule has 0 saturated heterocycles. The number of aromatic nitrogens is 1. The van der Waals surface area contributed by atoms with Gasteiger partial charge < -0.3 is 14.4 Å². The van der Waals surface area contributed by atoms with E-state index < -0.39 is 11.9 Å². The number of hydrogen-bond donors (Lipinski definition) is 1. The van der Waals surface area contributed by atoms with Crippen molar-refractivity contribution in [3.63, 3.8) is 0 Å². The van der Waals surface area contributed by atoms with Gasteiger partial charge in [-0.05, 0) is 18.6 Å². The van der Waals surface area contributed by atoms with Gasteiger partial charge in [0, 0.05) is 17.8 Å². The van der Waals surface area contributed by atoms with Crippen molar-refractivity contribution in [1.82, 2.24) is 4.57 Å². The van der Waals surface area contributed by atoms with Crippen LogP contribution in [0.25, 0.3) is 0 Å². The monoisotopic (exact) mass is 353 g/mol. The molecule has 1 atom stereocenters. The molecule has 0 fully saturated rings. The third-order valence-electron chi connectivity index (χ3n) is 4.25. The first-order valence-electron chi connectivity index (χ1n) is 8.35. The fraction of sp³-hybridized carbons (Fsp3) is 0.190. The Morgan fingerprint density at radius 1 is 1.08 bits per heavy atom. The second-order valence-electron chi connectivity index (χ2n) is 6.06. The molecular formula is C21H20FNO3. The highest BCUT2D eigenvalue weighted by atomic mass is 19.1. The van der Waals surface area contributed by atoms with E-state index in [1.807, 2.05) is 30.3 Å². The van der Waals surface area contributed by atoms with Crippen molar-refractivity contribution >= 4 is 0 Å². The van der Waals surface area contributed by atoms with E-state index in [4.69, 9.17) is 4.74 Å². The van der Waals surface area contributed by atoms with E-state index >= 15 is 0 Å². The lowest BCUT2D eigenvalue weighted by Crippen LogP contribution is -2.18. The molecule has 0 saturated carbocycles. The van der Waals surface area contributed by atoms with E-state index in [-0.39, 0.29) is 29.9 Å². The Balaban J connectivity index is 1.81. The summed E-state index contributed by atoms with van der Waals surface area (Å²) in [5.41, 5.74) is 1.53. The Kier molecular flexibility index (Phi) is 5.49. The first kappa shape index (κ1) is 17.9. The maximum atomic E-state index is 13.9.